The Morgan fingerprint density at radius 2 is 0.950 bits per heavy atom. The number of nitrogens with zero attached hydrogens (tertiary/aromatic N) is 2. The van der Waals surface area contributed by atoms with Gasteiger partial charge in [-0.05, 0) is 59.8 Å². The summed E-state index contributed by atoms with van der Waals surface area (Å²) in [5, 5.41) is 6.83. The predicted octanol–water partition coefficient (Wildman–Crippen LogP) is 5.73. The van der Waals surface area contributed by atoms with Gasteiger partial charge in [0, 0.05) is 50.4 Å². The second-order valence-corrected chi connectivity index (χ2v) is 12.0. The molecule has 6 aliphatic rings. The third-order valence-electron chi connectivity index (χ3n) is 10.0. The van der Waals surface area contributed by atoms with Crippen LogP contribution < -0.4 is 10.6 Å². The quantitative estimate of drug-likeness (QED) is 0.473. The lowest BCUT2D eigenvalue weighted by Gasteiger charge is -2.30. The van der Waals surface area contributed by atoms with Crippen molar-refractivity contribution in [2.75, 3.05) is 39.3 Å². The van der Waals surface area contributed by atoms with Gasteiger partial charge < -0.3 is 20.4 Å². The monoisotopic (exact) mass is 584 g/mol. The van der Waals surface area contributed by atoms with Crippen LogP contribution in [0.5, 0.6) is 0 Å². The molecule has 2 saturated heterocycles. The van der Waals surface area contributed by atoms with Gasteiger partial charge in [0.2, 0.25) is 0 Å². The van der Waals surface area contributed by atoms with E-state index in [-0.39, 0.29) is 48.7 Å². The molecule has 216 valence electrons. The van der Waals surface area contributed by atoms with Crippen LogP contribution in [0.2, 0.25) is 0 Å². The molecular weight excluding hydrogens is 543 g/mol. The molecule has 8 rings (SSSR count). The zero-order valence-corrected chi connectivity index (χ0v) is 24.8. The highest BCUT2D eigenvalue weighted by Gasteiger charge is 2.41. The van der Waals surface area contributed by atoms with E-state index in [1.165, 1.54) is 73.6 Å². The smallest absolute Gasteiger partial charge is 0.255 e. The summed E-state index contributed by atoms with van der Waals surface area (Å²) >= 11 is 0. The third kappa shape index (κ3) is 4.95. The summed E-state index contributed by atoms with van der Waals surface area (Å²) in [7, 11) is 0. The van der Waals surface area contributed by atoms with Crippen molar-refractivity contribution in [3.63, 3.8) is 0 Å². The summed E-state index contributed by atoms with van der Waals surface area (Å²) in [6.45, 7) is 5.37. The summed E-state index contributed by atoms with van der Waals surface area (Å²) in [5.41, 5.74) is 7.28. The Morgan fingerprint density at radius 1 is 0.575 bits per heavy atom. The fourth-order valence-corrected chi connectivity index (χ4v) is 8.12. The third-order valence-corrected chi connectivity index (χ3v) is 10.0. The SMILES string of the molecule is Cl.Cl.O=C1c2c(C3CCCC3)cccc2[C@@H]2CNCCN12.O=C1c2c(C3CCCC3)cccc2[C@H]2CNCCN12. The summed E-state index contributed by atoms with van der Waals surface area (Å²) in [6, 6.07) is 13.6. The Balaban J connectivity index is 0.000000154. The highest BCUT2D eigenvalue weighted by atomic mass is 35.5. The molecule has 2 amide bonds. The van der Waals surface area contributed by atoms with Gasteiger partial charge in [-0.1, -0.05) is 62.1 Å². The van der Waals surface area contributed by atoms with Gasteiger partial charge >= 0.3 is 0 Å². The number of rotatable bonds is 2. The van der Waals surface area contributed by atoms with E-state index in [0.29, 0.717) is 11.8 Å². The maximum Gasteiger partial charge on any atom is 0.255 e. The zero-order valence-electron chi connectivity index (χ0n) is 23.2. The van der Waals surface area contributed by atoms with E-state index in [1.54, 1.807) is 0 Å². The molecule has 0 radical (unpaired) electrons. The topological polar surface area (TPSA) is 64.7 Å². The molecule has 0 spiro atoms. The number of carbonyl (C=O) groups is 2. The van der Waals surface area contributed by atoms with Crippen LogP contribution in [0.25, 0.3) is 0 Å². The van der Waals surface area contributed by atoms with Crippen LogP contribution in [0.4, 0.5) is 0 Å². The Kier molecular flexibility index (Phi) is 9.11. The van der Waals surface area contributed by atoms with Gasteiger partial charge in [0.15, 0.2) is 0 Å². The molecule has 2 aromatic carbocycles. The normalized spacial score (nSPS) is 25.3. The molecule has 8 heteroatoms. The minimum atomic E-state index is 0. The Bertz CT molecular complexity index is 1150. The first-order chi connectivity index (χ1) is 18.7. The van der Waals surface area contributed by atoms with Gasteiger partial charge in [0.05, 0.1) is 12.1 Å². The van der Waals surface area contributed by atoms with E-state index in [2.05, 4.69) is 56.8 Å². The van der Waals surface area contributed by atoms with E-state index in [1.807, 2.05) is 0 Å². The van der Waals surface area contributed by atoms with Crippen LogP contribution >= 0.6 is 24.8 Å². The predicted molar refractivity (Wildman–Crippen MR) is 163 cm³/mol. The van der Waals surface area contributed by atoms with E-state index >= 15 is 0 Å². The molecule has 2 aromatic rings. The van der Waals surface area contributed by atoms with Gasteiger partial charge in [-0.2, -0.15) is 0 Å². The molecule has 4 fully saturated rings. The molecule has 0 bridgehead atoms. The minimum Gasteiger partial charge on any atom is -0.329 e. The van der Waals surface area contributed by atoms with Gasteiger partial charge in [0.1, 0.15) is 0 Å². The number of fused-ring (bicyclic) bond motifs is 6. The van der Waals surface area contributed by atoms with E-state index < -0.39 is 0 Å². The van der Waals surface area contributed by atoms with Gasteiger partial charge in [0.25, 0.3) is 11.8 Å². The highest BCUT2D eigenvalue weighted by molar-refractivity contribution is 6.01. The van der Waals surface area contributed by atoms with Crippen LogP contribution in [0.15, 0.2) is 36.4 Å². The van der Waals surface area contributed by atoms with Crippen molar-refractivity contribution < 1.29 is 9.59 Å². The Labute approximate surface area is 250 Å². The van der Waals surface area contributed by atoms with Crippen molar-refractivity contribution in [1.29, 1.82) is 0 Å². The number of carbonyl (C=O) groups excluding carboxylic acids is 2. The van der Waals surface area contributed by atoms with Crippen molar-refractivity contribution in [2.24, 2.45) is 0 Å². The molecule has 2 saturated carbocycles. The van der Waals surface area contributed by atoms with Crippen LogP contribution in [0, 0.1) is 0 Å². The lowest BCUT2D eigenvalue weighted by molar-refractivity contribution is 0.0682. The molecule has 4 heterocycles. The number of piperazine rings is 2. The number of halogens is 2. The van der Waals surface area contributed by atoms with E-state index in [4.69, 9.17) is 0 Å². The Hall–Kier alpha value is -2.12. The number of hydrogen-bond acceptors (Lipinski definition) is 4. The molecular formula is C32H42Cl2N4O2. The standard InChI is InChI=1S/2C16H20N2O.2ClH/c2*19-16-15-12(11-4-1-2-5-11)6-3-7-13(15)14-10-17-8-9-18(14)16;;/h2*3,6-7,11,14,17H,1-2,4-5,8-10H2;2*1H/t2*14-;;/m10../s1. The number of benzene rings is 2. The second kappa shape index (κ2) is 12.4. The summed E-state index contributed by atoms with van der Waals surface area (Å²) in [6.07, 6.45) is 10.3. The largest absolute Gasteiger partial charge is 0.329 e. The zero-order chi connectivity index (χ0) is 25.6. The molecule has 6 nitrogen and oxygen atoms in total. The lowest BCUT2D eigenvalue weighted by Crippen LogP contribution is -2.44. The molecule has 2 aliphatic carbocycles. The number of hydrogen-bond donors (Lipinski definition) is 2. The van der Waals surface area contributed by atoms with Crippen LogP contribution in [-0.4, -0.2) is 60.9 Å². The van der Waals surface area contributed by atoms with Crippen LogP contribution in [-0.2, 0) is 0 Å². The summed E-state index contributed by atoms with van der Waals surface area (Å²) < 4.78 is 0. The highest BCUT2D eigenvalue weighted by Crippen LogP contribution is 2.44. The maximum absolute atomic E-state index is 12.7. The fourth-order valence-electron chi connectivity index (χ4n) is 8.12. The van der Waals surface area contributed by atoms with E-state index in [9.17, 15) is 9.59 Å². The second-order valence-electron chi connectivity index (χ2n) is 12.0. The summed E-state index contributed by atoms with van der Waals surface area (Å²) in [5.74, 6) is 1.80. The van der Waals surface area contributed by atoms with Crippen molar-refractivity contribution in [2.45, 2.75) is 75.3 Å². The Morgan fingerprint density at radius 3 is 1.35 bits per heavy atom. The van der Waals surface area contributed by atoms with Gasteiger partial charge in [-0.15, -0.1) is 24.8 Å². The first-order valence-electron chi connectivity index (χ1n) is 15.0. The molecule has 0 aromatic heterocycles. The lowest BCUT2D eigenvalue weighted by atomic mass is 9.89. The maximum atomic E-state index is 12.7. The first kappa shape index (κ1) is 29.4. The average Bonchev–Trinajstić information content (AvgIpc) is 3.78. The number of amides is 2. The number of nitrogens with one attached hydrogen (secondary N) is 2. The summed E-state index contributed by atoms with van der Waals surface area (Å²) in [4.78, 5) is 29.6. The molecule has 40 heavy (non-hydrogen) atoms. The van der Waals surface area contributed by atoms with Crippen LogP contribution in [0.3, 0.4) is 0 Å². The van der Waals surface area contributed by atoms with E-state index in [0.717, 1.165) is 50.4 Å². The fraction of sp³-hybridized carbons (Fsp3) is 0.562. The average molecular weight is 586 g/mol. The van der Waals surface area contributed by atoms with Crippen molar-refractivity contribution in [1.82, 2.24) is 20.4 Å². The molecule has 0 unspecified atom stereocenters. The van der Waals surface area contributed by atoms with Crippen molar-refractivity contribution >= 4 is 36.6 Å². The minimum absolute atomic E-state index is 0. The van der Waals surface area contributed by atoms with Crippen molar-refractivity contribution in [3.8, 4) is 0 Å². The molecule has 2 N–H and O–H groups in total. The van der Waals surface area contributed by atoms with Gasteiger partial charge in [-0.3, -0.25) is 9.59 Å². The molecule has 4 aliphatic heterocycles. The first-order valence-corrected chi connectivity index (χ1v) is 15.0. The van der Waals surface area contributed by atoms with Crippen LogP contribution in [0.1, 0.15) is 118 Å². The van der Waals surface area contributed by atoms with Gasteiger partial charge in [-0.25, -0.2) is 0 Å². The van der Waals surface area contributed by atoms with Crippen molar-refractivity contribution in [3.05, 3.63) is 69.8 Å². The molecule has 2 atom stereocenters.